The lowest BCUT2D eigenvalue weighted by molar-refractivity contribution is -0.119. The Balaban J connectivity index is 1.19. The molecule has 4 rings (SSSR count). The second kappa shape index (κ2) is 10.8. The van der Waals surface area contributed by atoms with Crippen molar-refractivity contribution >= 4 is 29.3 Å². The van der Waals surface area contributed by atoms with Crippen LogP contribution in [0.3, 0.4) is 0 Å². The lowest BCUT2D eigenvalue weighted by Gasteiger charge is -2.32. The first kappa shape index (κ1) is 22.6. The molecule has 0 spiro atoms. The highest BCUT2D eigenvalue weighted by atomic mass is 35.5. The number of aromatic nitrogens is 2. The Morgan fingerprint density at radius 3 is 2.56 bits per heavy atom. The van der Waals surface area contributed by atoms with E-state index < -0.39 is 0 Å². The molecule has 1 fully saturated rings. The Morgan fingerprint density at radius 1 is 1.16 bits per heavy atom. The summed E-state index contributed by atoms with van der Waals surface area (Å²) in [6.45, 7) is 2.81. The van der Waals surface area contributed by atoms with Crippen molar-refractivity contribution in [2.75, 3.05) is 26.0 Å². The fourth-order valence-electron chi connectivity index (χ4n) is 3.60. The summed E-state index contributed by atoms with van der Waals surface area (Å²) in [5.41, 5.74) is 2.06. The highest BCUT2D eigenvalue weighted by molar-refractivity contribution is 7.99. The predicted molar refractivity (Wildman–Crippen MR) is 125 cm³/mol. The number of amides is 1. The first-order chi connectivity index (χ1) is 15.6. The standard InChI is InChI=1S/C23H25ClN4O3S/c1-30-20-8-4-17(5-9-20)22-26-27-23(31-22)32-15-21(29)25-19-10-12-28(13-11-19)14-16-2-6-18(24)7-3-16/h2-9,19H,10-15H2,1H3,(H,25,29). The molecule has 3 aromatic rings. The molecule has 7 nitrogen and oxygen atoms in total. The number of nitrogens with one attached hydrogen (secondary N) is 1. The summed E-state index contributed by atoms with van der Waals surface area (Å²) in [7, 11) is 1.62. The van der Waals surface area contributed by atoms with E-state index in [4.69, 9.17) is 20.8 Å². The molecule has 0 aliphatic carbocycles. The fraction of sp³-hybridized carbons (Fsp3) is 0.348. The van der Waals surface area contributed by atoms with Crippen molar-refractivity contribution < 1.29 is 13.9 Å². The largest absolute Gasteiger partial charge is 0.497 e. The molecule has 2 heterocycles. The Bertz CT molecular complexity index is 1020. The van der Waals surface area contributed by atoms with Crippen molar-refractivity contribution in [1.29, 1.82) is 0 Å². The fourth-order valence-corrected chi connectivity index (χ4v) is 4.30. The van der Waals surface area contributed by atoms with Crippen molar-refractivity contribution in [3.05, 3.63) is 59.1 Å². The number of piperidine rings is 1. The number of hydrogen-bond acceptors (Lipinski definition) is 7. The number of nitrogens with zero attached hydrogens (tertiary/aromatic N) is 3. The van der Waals surface area contributed by atoms with Crippen molar-refractivity contribution in [3.8, 4) is 17.2 Å². The molecule has 1 amide bonds. The summed E-state index contributed by atoms with van der Waals surface area (Å²) in [5, 5.41) is 12.3. The Morgan fingerprint density at radius 2 is 1.88 bits per heavy atom. The highest BCUT2D eigenvalue weighted by Crippen LogP contribution is 2.25. The van der Waals surface area contributed by atoms with Gasteiger partial charge in [-0.25, -0.2) is 0 Å². The first-order valence-corrected chi connectivity index (χ1v) is 11.8. The molecule has 0 unspecified atom stereocenters. The van der Waals surface area contributed by atoms with Gasteiger partial charge >= 0.3 is 0 Å². The zero-order valence-corrected chi connectivity index (χ0v) is 19.4. The number of carbonyl (C=O) groups excluding carboxylic acids is 1. The Kier molecular flexibility index (Phi) is 7.68. The van der Waals surface area contributed by atoms with Gasteiger partial charge in [0.05, 0.1) is 12.9 Å². The topological polar surface area (TPSA) is 80.5 Å². The van der Waals surface area contributed by atoms with Gasteiger partial charge in [0.2, 0.25) is 11.8 Å². The quantitative estimate of drug-likeness (QED) is 0.490. The predicted octanol–water partition coefficient (Wildman–Crippen LogP) is 4.27. The van der Waals surface area contributed by atoms with Gasteiger partial charge in [-0.15, -0.1) is 10.2 Å². The van der Waals surface area contributed by atoms with E-state index in [-0.39, 0.29) is 17.7 Å². The average molecular weight is 473 g/mol. The molecule has 9 heteroatoms. The van der Waals surface area contributed by atoms with Gasteiger partial charge in [-0.05, 0) is 54.8 Å². The van der Waals surface area contributed by atoms with Crippen LogP contribution in [0.1, 0.15) is 18.4 Å². The van der Waals surface area contributed by atoms with Crippen molar-refractivity contribution in [2.45, 2.75) is 30.7 Å². The average Bonchev–Trinajstić information content (AvgIpc) is 3.30. The molecule has 0 bridgehead atoms. The van der Waals surface area contributed by atoms with Gasteiger partial charge in [-0.1, -0.05) is 35.5 Å². The van der Waals surface area contributed by atoms with E-state index in [0.717, 1.165) is 48.8 Å². The van der Waals surface area contributed by atoms with Gasteiger partial charge < -0.3 is 14.5 Å². The van der Waals surface area contributed by atoms with Gasteiger partial charge in [-0.2, -0.15) is 0 Å². The van der Waals surface area contributed by atoms with E-state index in [1.165, 1.54) is 17.3 Å². The minimum absolute atomic E-state index is 0.0182. The number of ether oxygens (including phenoxy) is 1. The van der Waals surface area contributed by atoms with E-state index in [0.29, 0.717) is 11.1 Å². The zero-order chi connectivity index (χ0) is 22.3. The summed E-state index contributed by atoms with van der Waals surface area (Å²) < 4.78 is 10.8. The third-order valence-electron chi connectivity index (χ3n) is 5.34. The van der Waals surface area contributed by atoms with Gasteiger partial charge in [0.15, 0.2) is 0 Å². The maximum absolute atomic E-state index is 12.4. The summed E-state index contributed by atoms with van der Waals surface area (Å²) >= 11 is 7.20. The van der Waals surface area contributed by atoms with Crippen molar-refractivity contribution in [3.63, 3.8) is 0 Å². The van der Waals surface area contributed by atoms with E-state index >= 15 is 0 Å². The van der Waals surface area contributed by atoms with Crippen LogP contribution >= 0.6 is 23.4 Å². The minimum Gasteiger partial charge on any atom is -0.497 e. The number of hydrogen-bond donors (Lipinski definition) is 1. The highest BCUT2D eigenvalue weighted by Gasteiger charge is 2.21. The SMILES string of the molecule is COc1ccc(-c2nnc(SCC(=O)NC3CCN(Cc4ccc(Cl)cc4)CC3)o2)cc1. The van der Waals surface area contributed by atoms with Crippen LogP contribution in [-0.2, 0) is 11.3 Å². The molecule has 0 radical (unpaired) electrons. The molecule has 0 saturated carbocycles. The van der Waals surface area contributed by atoms with Crippen molar-refractivity contribution in [2.24, 2.45) is 0 Å². The second-order valence-electron chi connectivity index (χ2n) is 7.63. The normalized spacial score (nSPS) is 14.9. The maximum Gasteiger partial charge on any atom is 0.277 e. The first-order valence-electron chi connectivity index (χ1n) is 10.5. The number of halogens is 1. The van der Waals surface area contributed by atoms with Crippen LogP contribution in [0.25, 0.3) is 11.5 Å². The number of rotatable bonds is 8. The summed E-state index contributed by atoms with van der Waals surface area (Å²) in [4.78, 5) is 14.8. The molecule has 1 N–H and O–H groups in total. The lowest BCUT2D eigenvalue weighted by Crippen LogP contribution is -2.44. The molecule has 1 aromatic heterocycles. The smallest absolute Gasteiger partial charge is 0.277 e. The molecule has 1 aliphatic heterocycles. The maximum atomic E-state index is 12.4. The molecule has 1 aliphatic rings. The van der Waals surface area contributed by atoms with E-state index in [2.05, 4.69) is 32.5 Å². The van der Waals surface area contributed by atoms with Crippen LogP contribution in [0.15, 0.2) is 58.2 Å². The van der Waals surface area contributed by atoms with Gasteiger partial charge in [0, 0.05) is 36.3 Å². The van der Waals surface area contributed by atoms with Crippen LogP contribution in [0.4, 0.5) is 0 Å². The third-order valence-corrected chi connectivity index (χ3v) is 6.41. The molecule has 32 heavy (non-hydrogen) atoms. The molecule has 1 saturated heterocycles. The van der Waals surface area contributed by atoms with Gasteiger partial charge in [-0.3, -0.25) is 9.69 Å². The van der Waals surface area contributed by atoms with Gasteiger partial charge in [0.1, 0.15) is 5.75 Å². The van der Waals surface area contributed by atoms with E-state index in [1.54, 1.807) is 7.11 Å². The lowest BCUT2D eigenvalue weighted by atomic mass is 10.0. The number of carbonyl (C=O) groups is 1. The van der Waals surface area contributed by atoms with Crippen LogP contribution in [0, 0.1) is 0 Å². The molecular weight excluding hydrogens is 448 g/mol. The zero-order valence-electron chi connectivity index (χ0n) is 17.8. The molecular formula is C23H25ClN4O3S. The Labute approximate surface area is 196 Å². The minimum atomic E-state index is -0.0182. The number of methoxy groups -OCH3 is 1. The summed E-state index contributed by atoms with van der Waals surface area (Å²) in [6.07, 6.45) is 1.87. The molecule has 168 valence electrons. The Hall–Kier alpha value is -2.55. The van der Waals surface area contributed by atoms with Crippen LogP contribution in [0.5, 0.6) is 5.75 Å². The number of thioether (sulfide) groups is 1. The molecule has 2 aromatic carbocycles. The van der Waals surface area contributed by atoms with Crippen molar-refractivity contribution in [1.82, 2.24) is 20.4 Å². The van der Waals surface area contributed by atoms with E-state index in [1.807, 2.05) is 36.4 Å². The summed E-state index contributed by atoms with van der Waals surface area (Å²) in [5.74, 6) is 1.41. The monoisotopic (exact) mass is 472 g/mol. The van der Waals surface area contributed by atoms with Crippen LogP contribution < -0.4 is 10.1 Å². The van der Waals surface area contributed by atoms with Crippen LogP contribution in [-0.4, -0.2) is 53.0 Å². The third kappa shape index (κ3) is 6.25. The summed E-state index contributed by atoms with van der Waals surface area (Å²) in [6, 6.07) is 15.5. The number of likely N-dealkylation sites (tertiary alicyclic amines) is 1. The molecule has 0 atom stereocenters. The van der Waals surface area contributed by atoms with E-state index in [9.17, 15) is 4.79 Å². The second-order valence-corrected chi connectivity index (χ2v) is 9.00. The van der Waals surface area contributed by atoms with Gasteiger partial charge in [0.25, 0.3) is 5.22 Å². The number of benzene rings is 2. The van der Waals surface area contributed by atoms with Crippen LogP contribution in [0.2, 0.25) is 5.02 Å².